The molecule has 0 aromatic heterocycles. The Labute approximate surface area is 211 Å². The Morgan fingerprint density at radius 2 is 1.94 bits per heavy atom. The topological polar surface area (TPSA) is 120 Å². The Kier molecular flexibility index (Phi) is 8.68. The summed E-state index contributed by atoms with van der Waals surface area (Å²) in [6.07, 6.45) is 3.54. The first-order chi connectivity index (χ1) is 17.4. The van der Waals surface area contributed by atoms with E-state index in [9.17, 15) is 24.6 Å². The quantitative estimate of drug-likeness (QED) is 0.441. The molecule has 1 aromatic carbocycles. The van der Waals surface area contributed by atoms with Crippen LogP contribution < -0.4 is 9.47 Å². The molecule has 2 fully saturated rings. The molecule has 0 saturated carbocycles. The number of aliphatic hydroxyl groups excluding tert-OH is 1. The zero-order valence-electron chi connectivity index (χ0n) is 20.9. The van der Waals surface area contributed by atoms with Gasteiger partial charge in [-0.1, -0.05) is 19.4 Å². The summed E-state index contributed by atoms with van der Waals surface area (Å²) >= 11 is 0. The summed E-state index contributed by atoms with van der Waals surface area (Å²) in [5.74, 6) is -0.915. The van der Waals surface area contributed by atoms with Crippen LogP contribution >= 0.6 is 0 Å². The largest absolute Gasteiger partial charge is 0.481 e. The van der Waals surface area contributed by atoms with Gasteiger partial charge in [-0.15, -0.1) is 0 Å². The summed E-state index contributed by atoms with van der Waals surface area (Å²) < 4.78 is 10.9. The summed E-state index contributed by atoms with van der Waals surface area (Å²) in [5, 5.41) is 19.6. The van der Waals surface area contributed by atoms with E-state index in [0.29, 0.717) is 50.5 Å². The van der Waals surface area contributed by atoms with Gasteiger partial charge in [0.15, 0.2) is 11.5 Å². The summed E-state index contributed by atoms with van der Waals surface area (Å²) in [5.41, 5.74) is 0.822. The molecular weight excluding hydrogens is 466 g/mol. The van der Waals surface area contributed by atoms with Crippen molar-refractivity contribution in [3.63, 3.8) is 0 Å². The SMILES string of the molecule is CCCCN(CCCO)C(=O)CN1C[C@H](c2ccc3c(c2)OCO3)C(C(=O)O)[C@@H]1CN1CCCC1=O. The highest BCUT2D eigenvalue weighted by molar-refractivity contribution is 5.80. The number of hydrogen-bond donors (Lipinski definition) is 2. The lowest BCUT2D eigenvalue weighted by Gasteiger charge is -2.32. The third kappa shape index (κ3) is 5.75. The van der Waals surface area contributed by atoms with Crippen molar-refractivity contribution in [2.45, 2.75) is 51.0 Å². The van der Waals surface area contributed by atoms with Crippen molar-refractivity contribution >= 4 is 17.8 Å². The lowest BCUT2D eigenvalue weighted by atomic mass is 9.85. The van der Waals surface area contributed by atoms with Gasteiger partial charge >= 0.3 is 5.97 Å². The molecule has 3 heterocycles. The third-order valence-corrected chi connectivity index (χ3v) is 7.50. The molecule has 3 aliphatic rings. The highest BCUT2D eigenvalue weighted by atomic mass is 16.7. The Bertz CT molecular complexity index is 947. The van der Waals surface area contributed by atoms with Crippen LogP contribution in [0.15, 0.2) is 18.2 Å². The van der Waals surface area contributed by atoms with E-state index in [2.05, 4.69) is 6.92 Å². The zero-order valence-corrected chi connectivity index (χ0v) is 20.9. The fourth-order valence-corrected chi connectivity index (χ4v) is 5.57. The fourth-order valence-electron chi connectivity index (χ4n) is 5.57. The van der Waals surface area contributed by atoms with Gasteiger partial charge in [0, 0.05) is 57.7 Å². The predicted octanol–water partition coefficient (Wildman–Crippen LogP) is 1.52. The maximum absolute atomic E-state index is 13.4. The predicted molar refractivity (Wildman–Crippen MR) is 131 cm³/mol. The highest BCUT2D eigenvalue weighted by Gasteiger charge is 2.48. The minimum absolute atomic E-state index is 0.00654. The van der Waals surface area contributed by atoms with Gasteiger partial charge in [-0.25, -0.2) is 0 Å². The van der Waals surface area contributed by atoms with Gasteiger partial charge in [-0.2, -0.15) is 0 Å². The van der Waals surface area contributed by atoms with Crippen LogP contribution in [0.3, 0.4) is 0 Å². The van der Waals surface area contributed by atoms with Gasteiger partial charge in [0.05, 0.1) is 12.5 Å². The van der Waals surface area contributed by atoms with Gasteiger partial charge in [-0.05, 0) is 37.0 Å². The van der Waals surface area contributed by atoms with E-state index in [-0.39, 0.29) is 44.2 Å². The Morgan fingerprint density at radius 1 is 1.17 bits per heavy atom. The minimum Gasteiger partial charge on any atom is -0.481 e. The molecule has 10 heteroatoms. The van der Waals surface area contributed by atoms with Gasteiger partial charge in [-0.3, -0.25) is 19.3 Å². The second-order valence-corrected chi connectivity index (χ2v) is 9.83. The molecule has 1 aromatic rings. The van der Waals surface area contributed by atoms with Crippen molar-refractivity contribution in [1.82, 2.24) is 14.7 Å². The molecule has 2 amide bonds. The van der Waals surface area contributed by atoms with Crippen LogP contribution in [0.4, 0.5) is 0 Å². The van der Waals surface area contributed by atoms with E-state index in [1.165, 1.54) is 0 Å². The molecule has 198 valence electrons. The first kappa shape index (κ1) is 26.2. The summed E-state index contributed by atoms with van der Waals surface area (Å²) in [6, 6.07) is 5.01. The average Bonchev–Trinajstić information content (AvgIpc) is 3.58. The third-order valence-electron chi connectivity index (χ3n) is 7.50. The van der Waals surface area contributed by atoms with Crippen LogP contribution in [0.1, 0.15) is 50.5 Å². The molecular formula is C26H37N3O7. The van der Waals surface area contributed by atoms with Crippen molar-refractivity contribution in [2.24, 2.45) is 5.92 Å². The number of carbonyl (C=O) groups excluding carboxylic acids is 2. The summed E-state index contributed by atoms with van der Waals surface area (Å²) in [7, 11) is 0. The van der Waals surface area contributed by atoms with Gasteiger partial charge in [0.25, 0.3) is 0 Å². The van der Waals surface area contributed by atoms with Crippen molar-refractivity contribution in [3.05, 3.63) is 23.8 Å². The number of carboxylic acid groups (broad SMARTS) is 1. The van der Waals surface area contributed by atoms with Crippen LogP contribution in [-0.4, -0.2) is 101 Å². The zero-order chi connectivity index (χ0) is 25.7. The number of rotatable bonds is 12. The number of aliphatic hydroxyl groups is 1. The van der Waals surface area contributed by atoms with E-state index in [0.717, 1.165) is 24.8 Å². The smallest absolute Gasteiger partial charge is 0.308 e. The van der Waals surface area contributed by atoms with E-state index in [1.54, 1.807) is 15.9 Å². The van der Waals surface area contributed by atoms with Crippen LogP contribution in [0.5, 0.6) is 11.5 Å². The maximum Gasteiger partial charge on any atom is 0.308 e. The summed E-state index contributed by atoms with van der Waals surface area (Å²) in [6.45, 7) is 4.63. The number of amides is 2. The standard InChI is InChI=1S/C26H37N3O7/c1-2-3-9-27(11-5-12-30)24(32)16-29-14-19(18-7-8-21-22(13-18)36-17-35-21)25(26(33)34)20(29)15-28-10-4-6-23(28)31/h7-8,13,19-20,25,30H,2-6,9-12,14-17H2,1H3,(H,33,34)/t19-,20+,25?/m1/s1. The first-order valence-electron chi connectivity index (χ1n) is 13.0. The lowest BCUT2D eigenvalue weighted by Crippen LogP contribution is -2.49. The van der Waals surface area contributed by atoms with E-state index >= 15 is 0 Å². The number of fused-ring (bicyclic) bond motifs is 1. The number of carbonyl (C=O) groups is 3. The second-order valence-electron chi connectivity index (χ2n) is 9.83. The van der Waals surface area contributed by atoms with Crippen molar-refractivity contribution in [1.29, 1.82) is 0 Å². The second kappa shape index (κ2) is 11.9. The lowest BCUT2D eigenvalue weighted by molar-refractivity contribution is -0.144. The monoisotopic (exact) mass is 503 g/mol. The van der Waals surface area contributed by atoms with E-state index in [1.807, 2.05) is 17.0 Å². The molecule has 36 heavy (non-hydrogen) atoms. The van der Waals surface area contributed by atoms with Gasteiger partial charge in [0.1, 0.15) is 0 Å². The van der Waals surface area contributed by atoms with Crippen LogP contribution in [0.25, 0.3) is 0 Å². The molecule has 0 radical (unpaired) electrons. The fraction of sp³-hybridized carbons (Fsp3) is 0.654. The Morgan fingerprint density at radius 3 is 2.64 bits per heavy atom. The van der Waals surface area contributed by atoms with Crippen molar-refractivity contribution in [3.8, 4) is 11.5 Å². The van der Waals surface area contributed by atoms with Crippen LogP contribution in [-0.2, 0) is 14.4 Å². The molecule has 2 N–H and O–H groups in total. The number of carboxylic acids is 1. The van der Waals surface area contributed by atoms with E-state index < -0.39 is 17.9 Å². The molecule has 1 unspecified atom stereocenters. The maximum atomic E-state index is 13.4. The number of nitrogens with zero attached hydrogens (tertiary/aromatic N) is 3. The number of hydrogen-bond acceptors (Lipinski definition) is 7. The number of benzene rings is 1. The molecule has 3 aliphatic heterocycles. The average molecular weight is 504 g/mol. The van der Waals surface area contributed by atoms with Crippen molar-refractivity contribution in [2.75, 3.05) is 52.7 Å². The number of aliphatic carboxylic acids is 1. The Balaban J connectivity index is 1.60. The number of ether oxygens (including phenoxy) is 2. The molecule has 0 bridgehead atoms. The Hall–Kier alpha value is -2.85. The number of unbranched alkanes of at least 4 members (excludes halogenated alkanes) is 1. The molecule has 3 atom stereocenters. The minimum atomic E-state index is -0.938. The first-order valence-corrected chi connectivity index (χ1v) is 13.0. The highest BCUT2D eigenvalue weighted by Crippen LogP contribution is 2.42. The van der Waals surface area contributed by atoms with Gasteiger partial charge < -0.3 is 29.5 Å². The molecule has 0 spiro atoms. The van der Waals surface area contributed by atoms with Crippen molar-refractivity contribution < 1.29 is 34.1 Å². The van der Waals surface area contributed by atoms with E-state index in [4.69, 9.17) is 9.47 Å². The number of likely N-dealkylation sites (tertiary alicyclic amines) is 2. The van der Waals surface area contributed by atoms with Gasteiger partial charge in [0.2, 0.25) is 18.6 Å². The molecule has 0 aliphatic carbocycles. The van der Waals surface area contributed by atoms with Crippen LogP contribution in [0, 0.1) is 5.92 Å². The summed E-state index contributed by atoms with van der Waals surface area (Å²) in [4.78, 5) is 43.9. The molecule has 10 nitrogen and oxygen atoms in total. The van der Waals surface area contributed by atoms with Crippen LogP contribution in [0.2, 0.25) is 0 Å². The normalized spacial score (nSPS) is 23.4. The molecule has 2 saturated heterocycles. The molecule has 4 rings (SSSR count).